The number of benzene rings is 2. The van der Waals surface area contributed by atoms with Crippen molar-refractivity contribution in [3.8, 4) is 5.75 Å². The van der Waals surface area contributed by atoms with E-state index in [0.29, 0.717) is 34.4 Å². The summed E-state index contributed by atoms with van der Waals surface area (Å²) in [4.78, 5) is 0. The highest BCUT2D eigenvalue weighted by molar-refractivity contribution is 6.35. The zero-order valence-corrected chi connectivity index (χ0v) is 12.9. The summed E-state index contributed by atoms with van der Waals surface area (Å²) in [6.45, 7) is 0.598. The molecular formula is C15H15Cl2FN2O. The summed E-state index contributed by atoms with van der Waals surface area (Å²) in [5, 5.41) is 4.36. The van der Waals surface area contributed by atoms with Crippen molar-refractivity contribution in [3.63, 3.8) is 0 Å². The van der Waals surface area contributed by atoms with Crippen LogP contribution in [0, 0.1) is 5.82 Å². The van der Waals surface area contributed by atoms with E-state index in [4.69, 9.17) is 33.7 Å². The minimum Gasteiger partial charge on any atom is -0.494 e. The molecule has 21 heavy (non-hydrogen) atoms. The number of nitrogens with one attached hydrogen (secondary N) is 1. The molecule has 0 heterocycles. The topological polar surface area (TPSA) is 47.3 Å². The molecule has 3 N–H and O–H groups in total. The van der Waals surface area contributed by atoms with E-state index >= 15 is 0 Å². The Morgan fingerprint density at radius 2 is 2.00 bits per heavy atom. The van der Waals surface area contributed by atoms with Gasteiger partial charge in [-0.25, -0.2) is 4.39 Å². The highest BCUT2D eigenvalue weighted by Gasteiger charge is 2.08. The van der Waals surface area contributed by atoms with E-state index in [9.17, 15) is 4.39 Å². The van der Waals surface area contributed by atoms with Crippen molar-refractivity contribution in [2.45, 2.75) is 6.42 Å². The molecule has 3 nitrogen and oxygen atoms in total. The molecule has 0 aliphatic heterocycles. The third-order valence-corrected chi connectivity index (χ3v) is 3.64. The van der Waals surface area contributed by atoms with Crippen LogP contribution in [0.1, 0.15) is 5.56 Å². The number of hydrogen-bond donors (Lipinski definition) is 2. The number of methoxy groups -OCH3 is 1. The van der Waals surface area contributed by atoms with Crippen molar-refractivity contribution in [2.75, 3.05) is 24.7 Å². The van der Waals surface area contributed by atoms with Gasteiger partial charge < -0.3 is 15.8 Å². The lowest BCUT2D eigenvalue weighted by Gasteiger charge is -2.12. The molecule has 112 valence electrons. The number of anilines is 2. The molecule has 0 aliphatic carbocycles. The molecule has 6 heteroatoms. The smallest absolute Gasteiger partial charge is 0.167 e. The van der Waals surface area contributed by atoms with Crippen molar-refractivity contribution >= 4 is 34.6 Å². The Bertz CT molecular complexity index is 650. The molecule has 0 atom stereocenters. The van der Waals surface area contributed by atoms with Crippen LogP contribution in [0.5, 0.6) is 5.75 Å². The monoisotopic (exact) mass is 328 g/mol. The summed E-state index contributed by atoms with van der Waals surface area (Å²) in [5.74, 6) is -0.336. The van der Waals surface area contributed by atoms with E-state index < -0.39 is 5.82 Å². The Kier molecular flexibility index (Phi) is 5.15. The van der Waals surface area contributed by atoms with E-state index in [1.54, 1.807) is 12.1 Å². The molecule has 2 aromatic rings. The molecule has 0 saturated carbocycles. The van der Waals surface area contributed by atoms with E-state index in [2.05, 4.69) is 5.32 Å². The quantitative estimate of drug-likeness (QED) is 0.801. The Labute approximate surface area is 132 Å². The second-order valence-corrected chi connectivity index (χ2v) is 5.33. The fraction of sp³-hybridized carbons (Fsp3) is 0.200. The third kappa shape index (κ3) is 3.93. The Hall–Kier alpha value is -1.65. The van der Waals surface area contributed by atoms with Crippen molar-refractivity contribution in [2.24, 2.45) is 0 Å². The average Bonchev–Trinajstić information content (AvgIpc) is 2.43. The molecule has 2 aromatic carbocycles. The van der Waals surface area contributed by atoms with Gasteiger partial charge in [-0.15, -0.1) is 0 Å². The maximum atomic E-state index is 13.4. The van der Waals surface area contributed by atoms with Gasteiger partial charge in [0.25, 0.3) is 0 Å². The molecule has 0 radical (unpaired) electrons. The highest BCUT2D eigenvalue weighted by atomic mass is 35.5. The van der Waals surface area contributed by atoms with E-state index in [1.165, 1.54) is 19.2 Å². The van der Waals surface area contributed by atoms with Crippen molar-refractivity contribution in [1.29, 1.82) is 0 Å². The van der Waals surface area contributed by atoms with Gasteiger partial charge in [-0.1, -0.05) is 29.3 Å². The summed E-state index contributed by atoms with van der Waals surface area (Å²) in [7, 11) is 1.41. The lowest BCUT2D eigenvalue weighted by Crippen LogP contribution is -2.08. The highest BCUT2D eigenvalue weighted by Crippen LogP contribution is 2.28. The summed E-state index contributed by atoms with van der Waals surface area (Å²) in [5.41, 5.74) is 7.70. The van der Waals surface area contributed by atoms with Gasteiger partial charge in [-0.05, 0) is 24.1 Å². The lowest BCUT2D eigenvalue weighted by atomic mass is 10.1. The second kappa shape index (κ2) is 6.87. The fourth-order valence-electron chi connectivity index (χ4n) is 1.93. The normalized spacial score (nSPS) is 10.5. The standard InChI is InChI=1S/C15H15Cl2FN2O/c1-21-15-8-14(13(19)7-12(15)18)20-5-4-9-2-3-10(16)6-11(9)17/h2-3,6-8,20H,4-5,19H2,1H3. The molecular weight excluding hydrogens is 314 g/mol. The predicted molar refractivity (Wildman–Crippen MR) is 86.0 cm³/mol. The van der Waals surface area contributed by atoms with Crippen molar-refractivity contribution < 1.29 is 9.13 Å². The van der Waals surface area contributed by atoms with Crippen LogP contribution in [0.4, 0.5) is 15.8 Å². The predicted octanol–water partition coefficient (Wildman–Crippen LogP) is 4.38. The number of ether oxygens (including phenoxy) is 1. The van der Waals surface area contributed by atoms with Gasteiger partial charge in [-0.3, -0.25) is 0 Å². The van der Waals surface area contributed by atoms with Gasteiger partial charge in [0.1, 0.15) is 0 Å². The Morgan fingerprint density at radius 3 is 2.67 bits per heavy atom. The van der Waals surface area contributed by atoms with E-state index in [0.717, 1.165) is 5.56 Å². The fourth-order valence-corrected chi connectivity index (χ4v) is 2.44. The van der Waals surface area contributed by atoms with Crippen molar-refractivity contribution in [1.82, 2.24) is 0 Å². The van der Waals surface area contributed by atoms with Gasteiger partial charge in [0, 0.05) is 28.7 Å². The first-order valence-corrected chi connectivity index (χ1v) is 7.07. The van der Waals surface area contributed by atoms with Gasteiger partial charge in [0.15, 0.2) is 11.6 Å². The van der Waals surface area contributed by atoms with Gasteiger partial charge in [0.2, 0.25) is 0 Å². The Balaban J connectivity index is 2.03. The number of nitrogen functional groups attached to an aromatic ring is 1. The molecule has 2 rings (SSSR count). The minimum absolute atomic E-state index is 0.149. The number of hydrogen-bond acceptors (Lipinski definition) is 3. The largest absolute Gasteiger partial charge is 0.494 e. The van der Waals surface area contributed by atoms with Crippen LogP contribution in [0.25, 0.3) is 0 Å². The lowest BCUT2D eigenvalue weighted by molar-refractivity contribution is 0.387. The van der Waals surface area contributed by atoms with E-state index in [1.807, 2.05) is 6.07 Å². The molecule has 0 saturated heterocycles. The first kappa shape index (κ1) is 15.7. The van der Waals surface area contributed by atoms with Crippen LogP contribution < -0.4 is 15.8 Å². The number of nitrogens with two attached hydrogens (primary N) is 1. The van der Waals surface area contributed by atoms with Crippen molar-refractivity contribution in [3.05, 3.63) is 51.8 Å². The van der Waals surface area contributed by atoms with Gasteiger partial charge >= 0.3 is 0 Å². The maximum Gasteiger partial charge on any atom is 0.167 e. The van der Waals surface area contributed by atoms with Gasteiger partial charge in [-0.2, -0.15) is 0 Å². The summed E-state index contributed by atoms with van der Waals surface area (Å²) < 4.78 is 18.4. The van der Waals surface area contributed by atoms with Crippen LogP contribution >= 0.6 is 23.2 Å². The maximum absolute atomic E-state index is 13.4. The molecule has 0 amide bonds. The van der Waals surface area contributed by atoms with Crippen LogP contribution in [0.2, 0.25) is 10.0 Å². The molecule has 0 spiro atoms. The number of rotatable bonds is 5. The molecule has 0 fully saturated rings. The van der Waals surface area contributed by atoms with E-state index in [-0.39, 0.29) is 5.75 Å². The van der Waals surface area contributed by atoms with Crippen LogP contribution in [0.3, 0.4) is 0 Å². The Morgan fingerprint density at radius 1 is 1.24 bits per heavy atom. The molecule has 0 unspecified atom stereocenters. The molecule has 0 aliphatic rings. The third-order valence-electron chi connectivity index (χ3n) is 3.05. The summed E-state index contributed by atoms with van der Waals surface area (Å²) in [6, 6.07) is 8.14. The average molecular weight is 329 g/mol. The zero-order chi connectivity index (χ0) is 15.4. The SMILES string of the molecule is COc1cc(NCCc2ccc(Cl)cc2Cl)c(N)cc1F. The number of halogens is 3. The van der Waals surface area contributed by atoms with Crippen LogP contribution in [-0.4, -0.2) is 13.7 Å². The molecule has 0 bridgehead atoms. The molecule has 0 aromatic heterocycles. The van der Waals surface area contributed by atoms with Gasteiger partial charge in [0.05, 0.1) is 18.5 Å². The second-order valence-electron chi connectivity index (χ2n) is 4.49. The van der Waals surface area contributed by atoms with Crippen LogP contribution in [0.15, 0.2) is 30.3 Å². The minimum atomic E-state index is -0.485. The summed E-state index contributed by atoms with van der Waals surface area (Å²) >= 11 is 12.0. The first-order valence-electron chi connectivity index (χ1n) is 6.32. The van der Waals surface area contributed by atoms with Crippen LogP contribution in [-0.2, 0) is 6.42 Å². The zero-order valence-electron chi connectivity index (χ0n) is 11.4. The summed E-state index contributed by atoms with van der Waals surface area (Å²) in [6.07, 6.45) is 0.690. The first-order chi connectivity index (χ1) is 10.0.